The molecule has 0 unspecified atom stereocenters. The van der Waals surface area contributed by atoms with Gasteiger partial charge < -0.3 is 10.1 Å². The van der Waals surface area contributed by atoms with Crippen molar-refractivity contribution in [1.29, 1.82) is 0 Å². The normalized spacial score (nSPS) is 9.62. The second-order valence-corrected chi connectivity index (χ2v) is 1.58. The van der Waals surface area contributed by atoms with E-state index < -0.39 is 0 Å². The van der Waals surface area contributed by atoms with E-state index in [0.29, 0.717) is 6.42 Å². The maximum atomic E-state index is 8.29. The lowest BCUT2D eigenvalue weighted by Crippen LogP contribution is -1.82. The van der Waals surface area contributed by atoms with Crippen LogP contribution in [0.2, 0.25) is 0 Å². The summed E-state index contributed by atoms with van der Waals surface area (Å²) in [4.78, 5) is 2.95. The second kappa shape index (κ2) is 2.52. The summed E-state index contributed by atoms with van der Waals surface area (Å²) in [6.45, 7) is 1.13. The van der Waals surface area contributed by atoms with Crippen LogP contribution in [0.3, 0.4) is 0 Å². The molecule has 0 aliphatic heterocycles. The zero-order valence-electron chi connectivity index (χ0n) is 4.46. The molecule has 1 aromatic heterocycles. The van der Waals surface area contributed by atoms with Crippen LogP contribution in [0.5, 0.6) is 0 Å². The van der Waals surface area contributed by atoms with Gasteiger partial charge in [-0.1, -0.05) is 0 Å². The van der Waals surface area contributed by atoms with Crippen LogP contribution >= 0.6 is 0 Å². The van der Waals surface area contributed by atoms with Crippen LogP contribution in [-0.4, -0.2) is 10.1 Å². The average Bonchev–Trinajstić information content (AvgIpc) is 2.19. The molecule has 1 rings (SSSR count). The van der Waals surface area contributed by atoms with Crippen LogP contribution in [0.1, 0.15) is 5.69 Å². The van der Waals surface area contributed by atoms with Gasteiger partial charge >= 0.3 is 0 Å². The number of aromatic amines is 1. The SMILES string of the molecule is O[CH]Cc1ccc[nH]1. The Hall–Kier alpha value is -0.760. The van der Waals surface area contributed by atoms with Gasteiger partial charge in [-0.3, -0.25) is 0 Å². The van der Waals surface area contributed by atoms with Gasteiger partial charge in [0.25, 0.3) is 0 Å². The Labute approximate surface area is 48.2 Å². The summed E-state index contributed by atoms with van der Waals surface area (Å²) in [5, 5.41) is 8.29. The zero-order chi connectivity index (χ0) is 5.82. The molecule has 1 aromatic rings. The molecule has 0 atom stereocenters. The van der Waals surface area contributed by atoms with E-state index in [1.807, 2.05) is 18.3 Å². The van der Waals surface area contributed by atoms with Gasteiger partial charge in [-0.05, 0) is 12.1 Å². The Bertz CT molecular complexity index is 134. The van der Waals surface area contributed by atoms with Crippen LogP contribution in [-0.2, 0) is 6.42 Å². The van der Waals surface area contributed by atoms with Crippen molar-refractivity contribution in [1.82, 2.24) is 4.98 Å². The molecule has 8 heavy (non-hydrogen) atoms. The van der Waals surface area contributed by atoms with Gasteiger partial charge in [0.05, 0.1) is 6.61 Å². The van der Waals surface area contributed by atoms with Crippen molar-refractivity contribution in [3.05, 3.63) is 30.6 Å². The minimum Gasteiger partial charge on any atom is -0.390 e. The summed E-state index contributed by atoms with van der Waals surface area (Å²) in [7, 11) is 0. The quantitative estimate of drug-likeness (QED) is 0.587. The predicted octanol–water partition coefficient (Wildman–Crippen LogP) is 1.09. The molecule has 0 amide bonds. The van der Waals surface area contributed by atoms with Crippen LogP contribution < -0.4 is 0 Å². The summed E-state index contributed by atoms with van der Waals surface area (Å²) >= 11 is 0. The highest BCUT2D eigenvalue weighted by atomic mass is 16.3. The van der Waals surface area contributed by atoms with Gasteiger partial charge in [-0.25, -0.2) is 0 Å². The number of nitrogens with one attached hydrogen (secondary N) is 1. The van der Waals surface area contributed by atoms with Crippen LogP contribution in [0.25, 0.3) is 0 Å². The molecule has 2 N–H and O–H groups in total. The maximum absolute atomic E-state index is 8.29. The number of hydrogen-bond acceptors (Lipinski definition) is 1. The Kier molecular flexibility index (Phi) is 1.70. The number of rotatable bonds is 2. The summed E-state index contributed by atoms with van der Waals surface area (Å²) < 4.78 is 0. The molecule has 0 saturated carbocycles. The number of aromatic nitrogens is 1. The van der Waals surface area contributed by atoms with Crippen molar-refractivity contribution >= 4 is 0 Å². The summed E-state index contributed by atoms with van der Waals surface area (Å²) in [5.74, 6) is 0. The third-order valence-corrected chi connectivity index (χ3v) is 0.974. The highest BCUT2D eigenvalue weighted by Gasteiger charge is 1.87. The van der Waals surface area contributed by atoms with Gasteiger partial charge in [-0.2, -0.15) is 0 Å². The van der Waals surface area contributed by atoms with E-state index in [1.165, 1.54) is 0 Å². The molecule has 0 fully saturated rings. The second-order valence-electron chi connectivity index (χ2n) is 1.58. The first-order valence-corrected chi connectivity index (χ1v) is 2.51. The molecule has 2 heteroatoms. The highest BCUT2D eigenvalue weighted by Crippen LogP contribution is 1.94. The fourth-order valence-electron chi connectivity index (χ4n) is 0.593. The number of aliphatic hydroxyl groups excluding tert-OH is 1. The summed E-state index contributed by atoms with van der Waals surface area (Å²) in [5.41, 5.74) is 1.03. The Morgan fingerprint density at radius 3 is 3.12 bits per heavy atom. The van der Waals surface area contributed by atoms with Crippen molar-refractivity contribution in [3.63, 3.8) is 0 Å². The van der Waals surface area contributed by atoms with Crippen molar-refractivity contribution in [2.24, 2.45) is 0 Å². The van der Waals surface area contributed by atoms with Crippen LogP contribution in [0.4, 0.5) is 0 Å². The summed E-state index contributed by atoms with van der Waals surface area (Å²) in [6, 6.07) is 3.82. The first kappa shape index (κ1) is 5.38. The molecule has 0 bridgehead atoms. The monoisotopic (exact) mass is 110 g/mol. The van der Waals surface area contributed by atoms with Crippen LogP contribution in [0.15, 0.2) is 18.3 Å². The third-order valence-electron chi connectivity index (χ3n) is 0.974. The minimum absolute atomic E-state index is 0.604. The molecule has 0 spiro atoms. The van der Waals surface area contributed by atoms with Crippen molar-refractivity contribution in [3.8, 4) is 0 Å². The van der Waals surface area contributed by atoms with E-state index in [2.05, 4.69) is 4.98 Å². The smallest absolute Gasteiger partial charge is 0.0857 e. The highest BCUT2D eigenvalue weighted by molar-refractivity contribution is 5.04. The van der Waals surface area contributed by atoms with Crippen molar-refractivity contribution in [2.75, 3.05) is 0 Å². The molecule has 43 valence electrons. The molecule has 0 aliphatic rings. The molecule has 1 heterocycles. The van der Waals surface area contributed by atoms with E-state index in [9.17, 15) is 0 Å². The molecule has 2 nitrogen and oxygen atoms in total. The first-order chi connectivity index (χ1) is 3.93. The number of aliphatic hydroxyl groups is 1. The molecular formula is C6H8NO. The lowest BCUT2D eigenvalue weighted by molar-refractivity contribution is 0.384. The zero-order valence-corrected chi connectivity index (χ0v) is 4.46. The standard InChI is InChI=1S/C6H8NO/c8-5-3-6-2-1-4-7-6/h1-2,4-5,7-8H,3H2. The average molecular weight is 110 g/mol. The van der Waals surface area contributed by atoms with Crippen molar-refractivity contribution < 1.29 is 5.11 Å². The molecule has 1 radical (unpaired) electrons. The number of hydrogen-bond donors (Lipinski definition) is 2. The third kappa shape index (κ3) is 1.10. The maximum Gasteiger partial charge on any atom is 0.0857 e. The van der Waals surface area contributed by atoms with Crippen LogP contribution in [0, 0.1) is 6.61 Å². The Balaban J connectivity index is 2.50. The predicted molar refractivity (Wildman–Crippen MR) is 30.7 cm³/mol. The molecule has 0 saturated heterocycles. The fourth-order valence-corrected chi connectivity index (χ4v) is 0.593. The van der Waals surface area contributed by atoms with Gasteiger partial charge in [-0.15, -0.1) is 0 Å². The topological polar surface area (TPSA) is 36.0 Å². The fraction of sp³-hybridized carbons (Fsp3) is 0.167. The van der Waals surface area contributed by atoms with E-state index in [1.54, 1.807) is 0 Å². The molecular weight excluding hydrogens is 102 g/mol. The van der Waals surface area contributed by atoms with Crippen molar-refractivity contribution in [2.45, 2.75) is 6.42 Å². The first-order valence-electron chi connectivity index (χ1n) is 2.51. The van der Waals surface area contributed by atoms with Gasteiger partial charge in [0.2, 0.25) is 0 Å². The van der Waals surface area contributed by atoms with Gasteiger partial charge in [0, 0.05) is 18.3 Å². The lowest BCUT2D eigenvalue weighted by atomic mass is 10.3. The Morgan fingerprint density at radius 2 is 2.62 bits per heavy atom. The van der Waals surface area contributed by atoms with Gasteiger partial charge in [0.15, 0.2) is 0 Å². The van der Waals surface area contributed by atoms with Gasteiger partial charge in [0.1, 0.15) is 0 Å². The number of H-pyrrole nitrogens is 1. The minimum atomic E-state index is 0.604. The van der Waals surface area contributed by atoms with E-state index in [-0.39, 0.29) is 0 Å². The largest absolute Gasteiger partial charge is 0.390 e. The summed E-state index contributed by atoms with van der Waals surface area (Å²) in [6.07, 6.45) is 2.44. The lowest BCUT2D eigenvalue weighted by Gasteiger charge is -1.86. The van der Waals surface area contributed by atoms with E-state index >= 15 is 0 Å². The Morgan fingerprint density at radius 1 is 1.75 bits per heavy atom. The molecule has 0 aliphatic carbocycles. The van der Waals surface area contributed by atoms with E-state index in [0.717, 1.165) is 12.3 Å². The molecule has 0 aromatic carbocycles. The van der Waals surface area contributed by atoms with E-state index in [4.69, 9.17) is 5.11 Å².